The van der Waals surface area contributed by atoms with Gasteiger partial charge in [-0.05, 0) is 30.4 Å². The molecule has 2 aliphatic rings. The van der Waals surface area contributed by atoms with Crippen LogP contribution in [0.1, 0.15) is 17.5 Å². The van der Waals surface area contributed by atoms with E-state index in [2.05, 4.69) is 18.2 Å². The fourth-order valence-electron chi connectivity index (χ4n) is 2.59. The average molecular weight is 202 g/mol. The summed E-state index contributed by atoms with van der Waals surface area (Å²) >= 11 is 0. The molecule has 0 saturated carbocycles. The maximum atomic E-state index is 12.0. The molecule has 0 aromatic heterocycles. The van der Waals surface area contributed by atoms with Gasteiger partial charge in [-0.15, -0.1) is 0 Å². The number of hydrogen-bond donors (Lipinski definition) is 1. The highest BCUT2D eigenvalue weighted by atomic mass is 16.2. The van der Waals surface area contributed by atoms with Crippen molar-refractivity contribution in [1.82, 2.24) is 0 Å². The highest BCUT2D eigenvalue weighted by Crippen LogP contribution is 2.35. The van der Waals surface area contributed by atoms with Crippen molar-refractivity contribution in [2.45, 2.75) is 25.3 Å². The molecule has 0 spiro atoms. The van der Waals surface area contributed by atoms with E-state index in [4.69, 9.17) is 5.73 Å². The predicted molar refractivity (Wildman–Crippen MR) is 58.8 cm³/mol. The van der Waals surface area contributed by atoms with E-state index in [9.17, 15) is 4.79 Å². The van der Waals surface area contributed by atoms with Crippen LogP contribution in [0.2, 0.25) is 0 Å². The Bertz CT molecular complexity index is 428. The molecule has 0 fully saturated rings. The molecule has 3 nitrogen and oxygen atoms in total. The Morgan fingerprint density at radius 3 is 2.80 bits per heavy atom. The highest BCUT2D eigenvalue weighted by molar-refractivity contribution is 6.00. The first-order chi connectivity index (χ1) is 7.27. The van der Waals surface area contributed by atoms with Gasteiger partial charge in [-0.1, -0.05) is 18.2 Å². The normalized spacial score (nSPS) is 23.9. The van der Waals surface area contributed by atoms with E-state index in [0.29, 0.717) is 0 Å². The Kier molecular flexibility index (Phi) is 1.83. The van der Waals surface area contributed by atoms with E-state index < -0.39 is 0 Å². The summed E-state index contributed by atoms with van der Waals surface area (Å²) in [4.78, 5) is 13.9. The lowest BCUT2D eigenvalue weighted by atomic mass is 10.0. The molecule has 0 aliphatic carbocycles. The van der Waals surface area contributed by atoms with Crippen molar-refractivity contribution in [3.8, 4) is 0 Å². The van der Waals surface area contributed by atoms with Crippen LogP contribution in [-0.4, -0.2) is 18.5 Å². The molecule has 2 aliphatic heterocycles. The van der Waals surface area contributed by atoms with Gasteiger partial charge >= 0.3 is 0 Å². The molecule has 0 bridgehead atoms. The minimum Gasteiger partial charge on any atom is -0.320 e. The van der Waals surface area contributed by atoms with Crippen molar-refractivity contribution in [3.05, 3.63) is 29.3 Å². The van der Waals surface area contributed by atoms with Gasteiger partial charge in [0.25, 0.3) is 0 Å². The molecule has 0 radical (unpaired) electrons. The molecule has 0 unspecified atom stereocenters. The van der Waals surface area contributed by atoms with Gasteiger partial charge in [-0.25, -0.2) is 0 Å². The van der Waals surface area contributed by atoms with Crippen LogP contribution in [0.3, 0.4) is 0 Å². The summed E-state index contributed by atoms with van der Waals surface area (Å²) in [7, 11) is 0. The molecule has 1 atom stereocenters. The van der Waals surface area contributed by atoms with E-state index in [1.807, 2.05) is 4.90 Å². The van der Waals surface area contributed by atoms with Crippen LogP contribution in [0.15, 0.2) is 18.2 Å². The highest BCUT2D eigenvalue weighted by Gasteiger charge is 2.32. The summed E-state index contributed by atoms with van der Waals surface area (Å²) in [6.45, 7) is 0.804. The first kappa shape index (κ1) is 8.92. The van der Waals surface area contributed by atoms with Crippen LogP contribution in [0.25, 0.3) is 0 Å². The second-order valence-corrected chi connectivity index (χ2v) is 4.31. The predicted octanol–water partition coefficient (Wildman–Crippen LogP) is 0.849. The van der Waals surface area contributed by atoms with Gasteiger partial charge in [0.05, 0.1) is 11.7 Å². The summed E-state index contributed by atoms with van der Waals surface area (Å²) in [5, 5.41) is 0. The van der Waals surface area contributed by atoms with Crippen LogP contribution in [0.4, 0.5) is 5.69 Å². The quantitative estimate of drug-likeness (QED) is 0.678. The van der Waals surface area contributed by atoms with Gasteiger partial charge in [0.2, 0.25) is 5.91 Å². The van der Waals surface area contributed by atoms with Gasteiger partial charge in [-0.3, -0.25) is 4.79 Å². The maximum absolute atomic E-state index is 12.0. The SMILES string of the molecule is N[C@H]1CCc2cccc3c2N(CC3)C1=O. The lowest BCUT2D eigenvalue weighted by Gasteiger charge is -2.19. The third-order valence-corrected chi connectivity index (χ3v) is 3.39. The number of nitrogens with two attached hydrogens (primary N) is 1. The van der Waals surface area contributed by atoms with Crippen molar-refractivity contribution in [2.24, 2.45) is 5.73 Å². The number of rotatable bonds is 0. The molecule has 1 amide bonds. The van der Waals surface area contributed by atoms with E-state index in [1.165, 1.54) is 11.1 Å². The number of benzene rings is 1. The molecule has 15 heavy (non-hydrogen) atoms. The molecule has 2 heterocycles. The van der Waals surface area contributed by atoms with E-state index in [-0.39, 0.29) is 11.9 Å². The summed E-state index contributed by atoms with van der Waals surface area (Å²) in [5.41, 5.74) is 9.59. The van der Waals surface area contributed by atoms with E-state index >= 15 is 0 Å². The fraction of sp³-hybridized carbons (Fsp3) is 0.417. The Hall–Kier alpha value is -1.35. The second-order valence-electron chi connectivity index (χ2n) is 4.31. The number of hydrogen-bond acceptors (Lipinski definition) is 2. The molecule has 2 N–H and O–H groups in total. The molecule has 3 heteroatoms. The minimum absolute atomic E-state index is 0.0960. The topological polar surface area (TPSA) is 46.3 Å². The zero-order chi connectivity index (χ0) is 10.4. The molecular weight excluding hydrogens is 188 g/mol. The molecule has 78 valence electrons. The third-order valence-electron chi connectivity index (χ3n) is 3.39. The summed E-state index contributed by atoms with van der Waals surface area (Å²) in [5.74, 6) is 0.0960. The Morgan fingerprint density at radius 2 is 2.00 bits per heavy atom. The van der Waals surface area contributed by atoms with Gasteiger partial charge in [-0.2, -0.15) is 0 Å². The molecule has 3 rings (SSSR count). The zero-order valence-electron chi connectivity index (χ0n) is 8.57. The van der Waals surface area contributed by atoms with E-state index in [0.717, 1.165) is 31.5 Å². The van der Waals surface area contributed by atoms with Gasteiger partial charge in [0.1, 0.15) is 0 Å². The summed E-state index contributed by atoms with van der Waals surface area (Å²) in [6, 6.07) is 5.99. The number of para-hydroxylation sites is 1. The van der Waals surface area contributed by atoms with Crippen molar-refractivity contribution in [3.63, 3.8) is 0 Å². The van der Waals surface area contributed by atoms with Crippen molar-refractivity contribution < 1.29 is 4.79 Å². The Labute approximate surface area is 88.9 Å². The minimum atomic E-state index is -0.316. The van der Waals surface area contributed by atoms with Crippen LogP contribution in [0.5, 0.6) is 0 Å². The summed E-state index contributed by atoms with van der Waals surface area (Å²) < 4.78 is 0. The van der Waals surface area contributed by atoms with Crippen LogP contribution in [0, 0.1) is 0 Å². The van der Waals surface area contributed by atoms with Crippen LogP contribution < -0.4 is 10.6 Å². The maximum Gasteiger partial charge on any atom is 0.243 e. The van der Waals surface area contributed by atoms with Crippen molar-refractivity contribution in [1.29, 1.82) is 0 Å². The summed E-state index contributed by atoms with van der Waals surface area (Å²) in [6.07, 6.45) is 2.67. The number of anilines is 1. The number of aryl methyl sites for hydroxylation is 1. The number of nitrogens with zero attached hydrogens (tertiary/aromatic N) is 1. The Balaban J connectivity index is 2.17. The zero-order valence-corrected chi connectivity index (χ0v) is 8.57. The van der Waals surface area contributed by atoms with Crippen molar-refractivity contribution >= 4 is 11.6 Å². The van der Waals surface area contributed by atoms with Gasteiger partial charge in [0, 0.05) is 6.54 Å². The van der Waals surface area contributed by atoms with Crippen LogP contribution >= 0.6 is 0 Å². The van der Waals surface area contributed by atoms with Crippen LogP contribution in [-0.2, 0) is 17.6 Å². The fourth-order valence-corrected chi connectivity index (χ4v) is 2.59. The van der Waals surface area contributed by atoms with Crippen molar-refractivity contribution in [2.75, 3.05) is 11.4 Å². The number of carbonyl (C=O) groups is 1. The first-order valence-corrected chi connectivity index (χ1v) is 5.45. The second kappa shape index (κ2) is 3.07. The number of amides is 1. The standard InChI is InChI=1S/C12H14N2O/c13-10-5-4-8-2-1-3-9-6-7-14(11(8)9)12(10)15/h1-3,10H,4-7,13H2/t10-/m0/s1. The van der Waals surface area contributed by atoms with Gasteiger partial charge < -0.3 is 10.6 Å². The monoisotopic (exact) mass is 202 g/mol. The Morgan fingerprint density at radius 1 is 1.27 bits per heavy atom. The molecular formula is C12H14N2O. The third kappa shape index (κ3) is 1.20. The average Bonchev–Trinajstić information content (AvgIpc) is 2.63. The molecule has 1 aromatic carbocycles. The number of carbonyl (C=O) groups excluding carboxylic acids is 1. The largest absolute Gasteiger partial charge is 0.320 e. The molecule has 1 aromatic rings. The smallest absolute Gasteiger partial charge is 0.243 e. The lowest BCUT2D eigenvalue weighted by molar-refractivity contribution is -0.119. The van der Waals surface area contributed by atoms with Gasteiger partial charge in [0.15, 0.2) is 0 Å². The molecule has 0 saturated heterocycles. The first-order valence-electron chi connectivity index (χ1n) is 5.45. The van der Waals surface area contributed by atoms with E-state index in [1.54, 1.807) is 0 Å². The lowest BCUT2D eigenvalue weighted by Crippen LogP contribution is -2.42.